The van der Waals surface area contributed by atoms with Crippen LogP contribution in [0.4, 0.5) is 4.39 Å². The molecule has 3 heteroatoms. The highest BCUT2D eigenvalue weighted by Gasteiger charge is 2.24. The Morgan fingerprint density at radius 3 is 2.79 bits per heavy atom. The second-order valence-corrected chi connectivity index (χ2v) is 3.52. The van der Waals surface area contributed by atoms with Crippen LogP contribution in [0.1, 0.15) is 30.1 Å². The number of rotatable bonds is 3. The fraction of sp³-hybridized carbons (Fsp3) is 0.364. The van der Waals surface area contributed by atoms with E-state index >= 15 is 0 Å². The van der Waals surface area contributed by atoms with Gasteiger partial charge in [-0.15, -0.1) is 0 Å². The van der Waals surface area contributed by atoms with Crippen LogP contribution in [-0.4, -0.2) is 11.9 Å². The highest BCUT2D eigenvalue weighted by Crippen LogP contribution is 2.29. The van der Waals surface area contributed by atoms with Gasteiger partial charge in [0.15, 0.2) is 17.3 Å². The number of ketones is 1. The number of carbonyl (C=O) groups is 1. The second kappa shape index (κ2) is 3.40. The molecule has 0 amide bonds. The van der Waals surface area contributed by atoms with E-state index in [9.17, 15) is 9.18 Å². The van der Waals surface area contributed by atoms with Crippen molar-refractivity contribution in [3.63, 3.8) is 0 Å². The first kappa shape index (κ1) is 9.19. The number of carbonyl (C=O) groups excluding carboxylic acids is 1. The first-order valence-electron chi connectivity index (χ1n) is 4.64. The van der Waals surface area contributed by atoms with E-state index in [2.05, 4.69) is 0 Å². The summed E-state index contributed by atoms with van der Waals surface area (Å²) < 4.78 is 18.5. The van der Waals surface area contributed by atoms with Crippen LogP contribution >= 0.6 is 0 Å². The molecule has 1 aromatic carbocycles. The van der Waals surface area contributed by atoms with Crippen LogP contribution in [-0.2, 0) is 0 Å². The molecule has 1 fully saturated rings. The number of hydrogen-bond acceptors (Lipinski definition) is 2. The Balaban J connectivity index is 2.26. The lowest BCUT2D eigenvalue weighted by Gasteiger charge is -2.06. The first-order valence-corrected chi connectivity index (χ1v) is 4.64. The van der Waals surface area contributed by atoms with Crippen molar-refractivity contribution >= 4 is 5.78 Å². The third-order valence-electron chi connectivity index (χ3n) is 2.16. The minimum atomic E-state index is -0.401. The monoisotopic (exact) mass is 194 g/mol. The van der Waals surface area contributed by atoms with Gasteiger partial charge < -0.3 is 4.74 Å². The van der Waals surface area contributed by atoms with Crippen LogP contribution in [0.25, 0.3) is 0 Å². The molecule has 0 radical (unpaired) electrons. The maximum atomic E-state index is 13.2. The number of benzene rings is 1. The van der Waals surface area contributed by atoms with Crippen LogP contribution in [0, 0.1) is 5.82 Å². The minimum Gasteiger partial charge on any atom is -0.487 e. The minimum absolute atomic E-state index is 0.0781. The molecule has 0 saturated heterocycles. The number of Topliss-reactive ketones (excluding diaryl/α,β-unsaturated/α-hetero) is 1. The van der Waals surface area contributed by atoms with E-state index in [1.54, 1.807) is 0 Å². The van der Waals surface area contributed by atoms with Crippen molar-refractivity contribution in [3.05, 3.63) is 29.6 Å². The molecule has 1 saturated carbocycles. The molecule has 1 aliphatic rings. The maximum Gasteiger partial charge on any atom is 0.165 e. The summed E-state index contributed by atoms with van der Waals surface area (Å²) in [6.07, 6.45) is 2.10. The zero-order valence-corrected chi connectivity index (χ0v) is 7.92. The molecule has 14 heavy (non-hydrogen) atoms. The van der Waals surface area contributed by atoms with Crippen LogP contribution in [0.15, 0.2) is 18.2 Å². The molecule has 2 nitrogen and oxygen atoms in total. The summed E-state index contributed by atoms with van der Waals surface area (Å²) >= 11 is 0. The SMILES string of the molecule is CC(=O)c1ccc(F)c(OC2CC2)c1. The van der Waals surface area contributed by atoms with Gasteiger partial charge in [-0.1, -0.05) is 0 Å². The molecule has 0 aromatic heterocycles. The lowest BCUT2D eigenvalue weighted by molar-refractivity contribution is 0.101. The number of hydrogen-bond donors (Lipinski definition) is 0. The van der Waals surface area contributed by atoms with Gasteiger partial charge in [0, 0.05) is 5.56 Å². The Kier molecular flexibility index (Phi) is 2.23. The summed E-state index contributed by atoms with van der Waals surface area (Å²) in [4.78, 5) is 11.0. The third kappa shape index (κ3) is 1.92. The summed E-state index contributed by atoms with van der Waals surface area (Å²) in [5.74, 6) is -0.284. The largest absolute Gasteiger partial charge is 0.487 e. The Labute approximate surface area is 81.7 Å². The van der Waals surface area contributed by atoms with Crippen molar-refractivity contribution in [1.29, 1.82) is 0 Å². The van der Waals surface area contributed by atoms with Crippen LogP contribution < -0.4 is 4.74 Å². The van der Waals surface area contributed by atoms with Gasteiger partial charge in [0.1, 0.15) is 0 Å². The average Bonchev–Trinajstić information content (AvgIpc) is 2.92. The summed E-state index contributed by atoms with van der Waals surface area (Å²) in [6.45, 7) is 1.45. The van der Waals surface area contributed by atoms with Gasteiger partial charge in [-0.05, 0) is 38.0 Å². The summed E-state index contributed by atoms with van der Waals surface area (Å²) in [5, 5.41) is 0. The maximum absolute atomic E-state index is 13.2. The highest BCUT2D eigenvalue weighted by molar-refractivity contribution is 5.94. The zero-order valence-electron chi connectivity index (χ0n) is 7.92. The Hall–Kier alpha value is -1.38. The predicted molar refractivity (Wildman–Crippen MR) is 50.1 cm³/mol. The molecular weight excluding hydrogens is 183 g/mol. The van der Waals surface area contributed by atoms with E-state index in [4.69, 9.17) is 4.74 Å². The van der Waals surface area contributed by atoms with Gasteiger partial charge in [0.05, 0.1) is 6.10 Å². The van der Waals surface area contributed by atoms with Gasteiger partial charge in [-0.3, -0.25) is 4.79 Å². The highest BCUT2D eigenvalue weighted by atomic mass is 19.1. The molecular formula is C11H11FO2. The molecule has 1 aliphatic carbocycles. The molecule has 74 valence electrons. The molecule has 2 rings (SSSR count). The molecule has 0 atom stereocenters. The second-order valence-electron chi connectivity index (χ2n) is 3.52. The van der Waals surface area contributed by atoms with Crippen molar-refractivity contribution in [2.45, 2.75) is 25.9 Å². The molecule has 0 aliphatic heterocycles. The van der Waals surface area contributed by atoms with Crippen LogP contribution in [0.5, 0.6) is 5.75 Å². The van der Waals surface area contributed by atoms with Crippen molar-refractivity contribution in [2.24, 2.45) is 0 Å². The third-order valence-corrected chi connectivity index (χ3v) is 2.16. The van der Waals surface area contributed by atoms with Crippen LogP contribution in [0.3, 0.4) is 0 Å². The van der Waals surface area contributed by atoms with E-state index in [0.29, 0.717) is 5.56 Å². The van der Waals surface area contributed by atoms with Crippen molar-refractivity contribution in [1.82, 2.24) is 0 Å². The standard InChI is InChI=1S/C11H11FO2/c1-7(13)8-2-5-10(12)11(6-8)14-9-3-4-9/h2,5-6,9H,3-4H2,1H3. The Morgan fingerprint density at radius 2 is 2.21 bits per heavy atom. The topological polar surface area (TPSA) is 26.3 Å². The first-order chi connectivity index (χ1) is 6.66. The lowest BCUT2D eigenvalue weighted by atomic mass is 10.1. The lowest BCUT2D eigenvalue weighted by Crippen LogP contribution is -2.00. The summed E-state index contributed by atoms with van der Waals surface area (Å²) in [5.41, 5.74) is 0.488. The zero-order chi connectivity index (χ0) is 10.1. The van der Waals surface area contributed by atoms with Crippen molar-refractivity contribution in [2.75, 3.05) is 0 Å². The smallest absolute Gasteiger partial charge is 0.165 e. The number of ether oxygens (including phenoxy) is 1. The Bertz CT molecular complexity index is 370. The quantitative estimate of drug-likeness (QED) is 0.691. The molecule has 0 N–H and O–H groups in total. The van der Waals surface area contributed by atoms with Crippen LogP contribution in [0.2, 0.25) is 0 Å². The van der Waals surface area contributed by atoms with E-state index in [1.807, 2.05) is 0 Å². The van der Waals surface area contributed by atoms with E-state index < -0.39 is 5.82 Å². The molecule has 1 aromatic rings. The number of halogens is 1. The van der Waals surface area contributed by atoms with Gasteiger partial charge >= 0.3 is 0 Å². The molecule has 0 spiro atoms. The summed E-state index contributed by atoms with van der Waals surface area (Å²) in [6, 6.07) is 4.21. The predicted octanol–water partition coefficient (Wildman–Crippen LogP) is 2.57. The van der Waals surface area contributed by atoms with E-state index in [1.165, 1.54) is 25.1 Å². The Morgan fingerprint density at radius 1 is 1.50 bits per heavy atom. The molecule has 0 bridgehead atoms. The molecule has 0 heterocycles. The van der Waals surface area contributed by atoms with E-state index in [-0.39, 0.29) is 17.6 Å². The van der Waals surface area contributed by atoms with Gasteiger partial charge in [-0.2, -0.15) is 0 Å². The van der Waals surface area contributed by atoms with Crippen molar-refractivity contribution < 1.29 is 13.9 Å². The average molecular weight is 194 g/mol. The molecule has 0 unspecified atom stereocenters. The van der Waals surface area contributed by atoms with E-state index in [0.717, 1.165) is 12.8 Å². The van der Waals surface area contributed by atoms with Crippen molar-refractivity contribution in [3.8, 4) is 5.75 Å². The normalized spacial score (nSPS) is 15.3. The fourth-order valence-corrected chi connectivity index (χ4v) is 1.18. The summed E-state index contributed by atoms with van der Waals surface area (Å²) in [7, 11) is 0. The fourth-order valence-electron chi connectivity index (χ4n) is 1.18. The van der Waals surface area contributed by atoms with Gasteiger partial charge in [0.2, 0.25) is 0 Å². The van der Waals surface area contributed by atoms with Gasteiger partial charge in [-0.25, -0.2) is 4.39 Å². The van der Waals surface area contributed by atoms with Gasteiger partial charge in [0.25, 0.3) is 0 Å².